The second kappa shape index (κ2) is 9.98. The number of hydrogen-bond acceptors (Lipinski definition) is 4. The van der Waals surface area contributed by atoms with E-state index in [1.54, 1.807) is 14.2 Å². The number of methoxy groups -OCH3 is 2. The predicted molar refractivity (Wildman–Crippen MR) is 132 cm³/mol. The molecule has 0 saturated heterocycles. The van der Waals surface area contributed by atoms with Crippen molar-refractivity contribution >= 4 is 23.0 Å². The number of hydrogen-bond donors (Lipinski definition) is 2. The van der Waals surface area contributed by atoms with E-state index in [1.807, 2.05) is 77.6 Å². The largest absolute Gasteiger partial charge is 0.493 e. The summed E-state index contributed by atoms with van der Waals surface area (Å²) in [5.41, 5.74) is 4.82. The highest BCUT2D eigenvalue weighted by atomic mass is 32.1. The third-order valence-electron chi connectivity index (χ3n) is 4.94. The maximum absolute atomic E-state index is 5.51. The van der Waals surface area contributed by atoms with Gasteiger partial charge in [0.05, 0.1) is 25.6 Å². The number of anilines is 1. The quantitative estimate of drug-likeness (QED) is 0.389. The van der Waals surface area contributed by atoms with E-state index in [1.165, 1.54) is 0 Å². The van der Waals surface area contributed by atoms with Gasteiger partial charge in [0.25, 0.3) is 0 Å². The van der Waals surface area contributed by atoms with Crippen molar-refractivity contribution in [3.05, 3.63) is 90.6 Å². The van der Waals surface area contributed by atoms with Crippen LogP contribution in [0.3, 0.4) is 0 Å². The van der Waals surface area contributed by atoms with Gasteiger partial charge in [0.1, 0.15) is 0 Å². The second-order valence-electron chi connectivity index (χ2n) is 7.03. The number of ether oxygens (including phenoxy) is 2. The Bertz CT molecular complexity index is 1190. The molecule has 0 radical (unpaired) electrons. The molecule has 0 atom stereocenters. The van der Waals surface area contributed by atoms with Gasteiger partial charge in [-0.2, -0.15) is 5.10 Å². The Morgan fingerprint density at radius 1 is 0.906 bits per heavy atom. The van der Waals surface area contributed by atoms with Crippen molar-refractivity contribution in [1.29, 1.82) is 0 Å². The normalized spacial score (nSPS) is 10.4. The lowest BCUT2D eigenvalue weighted by Gasteiger charge is -2.13. The lowest BCUT2D eigenvalue weighted by molar-refractivity contribution is 0.355. The summed E-state index contributed by atoms with van der Waals surface area (Å²) in [6, 6.07) is 25.7. The van der Waals surface area contributed by atoms with Gasteiger partial charge in [0.2, 0.25) is 0 Å². The Labute approximate surface area is 192 Å². The van der Waals surface area contributed by atoms with Crippen LogP contribution >= 0.6 is 12.2 Å². The third-order valence-corrected chi connectivity index (χ3v) is 5.19. The average Bonchev–Trinajstić information content (AvgIpc) is 3.28. The monoisotopic (exact) mass is 444 g/mol. The Balaban J connectivity index is 1.52. The minimum atomic E-state index is 0.503. The number of thiocarbonyl (C=S) groups is 1. The molecule has 0 aliphatic rings. The smallest absolute Gasteiger partial charge is 0.171 e. The fourth-order valence-corrected chi connectivity index (χ4v) is 3.55. The van der Waals surface area contributed by atoms with Crippen LogP contribution in [-0.2, 0) is 6.54 Å². The molecule has 3 aromatic carbocycles. The van der Waals surface area contributed by atoms with E-state index in [0.29, 0.717) is 23.2 Å². The van der Waals surface area contributed by atoms with Gasteiger partial charge in [0, 0.05) is 35.6 Å². The molecule has 32 heavy (non-hydrogen) atoms. The molecule has 0 saturated carbocycles. The first kappa shape index (κ1) is 21.4. The zero-order valence-corrected chi connectivity index (χ0v) is 18.7. The number of para-hydroxylation sites is 1. The first-order valence-electron chi connectivity index (χ1n) is 10.1. The van der Waals surface area contributed by atoms with Crippen LogP contribution in [0, 0.1) is 0 Å². The van der Waals surface area contributed by atoms with Crippen molar-refractivity contribution in [3.63, 3.8) is 0 Å². The summed E-state index contributed by atoms with van der Waals surface area (Å²) in [6.45, 7) is 0.524. The van der Waals surface area contributed by atoms with Crippen LogP contribution in [0.1, 0.15) is 5.56 Å². The average molecular weight is 445 g/mol. The lowest BCUT2D eigenvalue weighted by atomic mass is 10.1. The Morgan fingerprint density at radius 3 is 2.28 bits per heavy atom. The predicted octanol–water partition coefficient (Wildman–Crippen LogP) is 5.04. The van der Waals surface area contributed by atoms with E-state index >= 15 is 0 Å². The molecular formula is C25H24N4O2S. The van der Waals surface area contributed by atoms with E-state index in [2.05, 4.69) is 22.8 Å². The number of nitrogens with zero attached hydrogens (tertiary/aromatic N) is 2. The number of rotatable bonds is 7. The van der Waals surface area contributed by atoms with Crippen LogP contribution in [0.4, 0.5) is 5.69 Å². The van der Waals surface area contributed by atoms with Gasteiger partial charge in [0.15, 0.2) is 16.6 Å². The first-order valence-corrected chi connectivity index (χ1v) is 10.5. The van der Waals surface area contributed by atoms with Crippen LogP contribution in [0.25, 0.3) is 16.9 Å². The highest BCUT2D eigenvalue weighted by Gasteiger charge is 2.13. The summed E-state index contributed by atoms with van der Waals surface area (Å²) in [4.78, 5) is 0. The molecule has 0 amide bonds. The van der Waals surface area contributed by atoms with Gasteiger partial charge >= 0.3 is 0 Å². The Morgan fingerprint density at radius 2 is 1.59 bits per heavy atom. The van der Waals surface area contributed by atoms with Crippen molar-refractivity contribution in [2.45, 2.75) is 6.54 Å². The van der Waals surface area contributed by atoms with E-state index < -0.39 is 0 Å². The molecule has 6 nitrogen and oxygen atoms in total. The van der Waals surface area contributed by atoms with Crippen LogP contribution in [0.2, 0.25) is 0 Å². The highest BCUT2D eigenvalue weighted by Crippen LogP contribution is 2.29. The van der Waals surface area contributed by atoms with E-state index in [9.17, 15) is 0 Å². The Hall–Kier alpha value is -3.84. The summed E-state index contributed by atoms with van der Waals surface area (Å²) < 4.78 is 12.5. The zero-order valence-electron chi connectivity index (χ0n) is 17.9. The van der Waals surface area contributed by atoms with E-state index in [0.717, 1.165) is 28.2 Å². The van der Waals surface area contributed by atoms with Gasteiger partial charge in [-0.1, -0.05) is 48.5 Å². The minimum absolute atomic E-state index is 0.503. The van der Waals surface area contributed by atoms with Crippen LogP contribution < -0.4 is 20.1 Å². The van der Waals surface area contributed by atoms with Crippen molar-refractivity contribution in [2.75, 3.05) is 19.5 Å². The van der Waals surface area contributed by atoms with Crippen molar-refractivity contribution in [1.82, 2.24) is 15.1 Å². The maximum atomic E-state index is 5.51. The molecule has 1 heterocycles. The molecular weight excluding hydrogens is 420 g/mol. The molecule has 0 bridgehead atoms. The van der Waals surface area contributed by atoms with E-state index in [-0.39, 0.29) is 0 Å². The second-order valence-corrected chi connectivity index (χ2v) is 7.43. The molecule has 0 aliphatic heterocycles. The minimum Gasteiger partial charge on any atom is -0.493 e. The SMILES string of the molecule is COc1ccc(NC(=S)NCc2cn(-c3ccccc3)nc2-c2ccccc2)cc1OC. The molecule has 4 rings (SSSR count). The summed E-state index contributed by atoms with van der Waals surface area (Å²) >= 11 is 5.51. The number of benzene rings is 3. The molecule has 2 N–H and O–H groups in total. The molecule has 7 heteroatoms. The third kappa shape index (κ3) is 4.90. The summed E-state index contributed by atoms with van der Waals surface area (Å²) in [6.07, 6.45) is 2.03. The molecule has 1 aromatic heterocycles. The highest BCUT2D eigenvalue weighted by molar-refractivity contribution is 7.80. The molecule has 0 spiro atoms. The summed E-state index contributed by atoms with van der Waals surface area (Å²) in [5, 5.41) is 11.8. The van der Waals surface area contributed by atoms with Gasteiger partial charge in [-0.3, -0.25) is 0 Å². The van der Waals surface area contributed by atoms with Gasteiger partial charge in [-0.25, -0.2) is 4.68 Å². The van der Waals surface area contributed by atoms with Crippen LogP contribution in [-0.4, -0.2) is 29.1 Å². The lowest BCUT2D eigenvalue weighted by Crippen LogP contribution is -2.28. The maximum Gasteiger partial charge on any atom is 0.171 e. The van der Waals surface area contributed by atoms with Crippen molar-refractivity contribution < 1.29 is 9.47 Å². The zero-order chi connectivity index (χ0) is 22.3. The fourth-order valence-electron chi connectivity index (χ4n) is 3.36. The van der Waals surface area contributed by atoms with Crippen molar-refractivity contribution in [3.8, 4) is 28.4 Å². The van der Waals surface area contributed by atoms with E-state index in [4.69, 9.17) is 26.8 Å². The molecule has 0 fully saturated rings. The van der Waals surface area contributed by atoms with Crippen LogP contribution in [0.5, 0.6) is 11.5 Å². The number of nitrogens with one attached hydrogen (secondary N) is 2. The molecule has 162 valence electrons. The van der Waals surface area contributed by atoms with Crippen molar-refractivity contribution in [2.24, 2.45) is 0 Å². The number of aromatic nitrogens is 2. The summed E-state index contributed by atoms with van der Waals surface area (Å²) in [7, 11) is 3.21. The molecule has 0 aliphatic carbocycles. The van der Waals surface area contributed by atoms with Crippen LogP contribution in [0.15, 0.2) is 85.1 Å². The first-order chi connectivity index (χ1) is 15.7. The van der Waals surface area contributed by atoms with Gasteiger partial charge in [-0.05, 0) is 36.5 Å². The van der Waals surface area contributed by atoms with Gasteiger partial charge < -0.3 is 20.1 Å². The standard InChI is InChI=1S/C25H24N4O2S/c1-30-22-14-13-20(15-23(22)31-2)27-25(32)26-16-19-17-29(21-11-7-4-8-12-21)28-24(19)18-9-5-3-6-10-18/h3-15,17H,16H2,1-2H3,(H2,26,27,32). The molecule has 4 aromatic rings. The molecule has 0 unspecified atom stereocenters. The topological polar surface area (TPSA) is 60.3 Å². The van der Waals surface area contributed by atoms with Gasteiger partial charge in [-0.15, -0.1) is 0 Å². The summed E-state index contributed by atoms with van der Waals surface area (Å²) in [5.74, 6) is 1.30. The fraction of sp³-hybridized carbons (Fsp3) is 0.120. The Kier molecular flexibility index (Phi) is 6.67.